The Bertz CT molecular complexity index is 1420. The lowest BCUT2D eigenvalue weighted by Crippen LogP contribution is -2.32. The first kappa shape index (κ1) is 18.8. The third-order valence-electron chi connectivity index (χ3n) is 5.21. The zero-order valence-electron chi connectivity index (χ0n) is 16.2. The molecule has 4 heterocycles. The highest BCUT2D eigenvalue weighted by Gasteiger charge is 2.25. The third kappa shape index (κ3) is 3.24. The van der Waals surface area contributed by atoms with Gasteiger partial charge in [-0.25, -0.2) is 23.7 Å². The summed E-state index contributed by atoms with van der Waals surface area (Å²) in [4.78, 5) is 28.6. The van der Waals surface area contributed by atoms with E-state index in [9.17, 15) is 13.6 Å². The molecule has 9 heteroatoms. The average molecular weight is 425 g/mol. The number of thiazole rings is 1. The van der Waals surface area contributed by atoms with Gasteiger partial charge in [-0.15, -0.1) is 11.3 Å². The van der Waals surface area contributed by atoms with E-state index in [4.69, 9.17) is 0 Å². The van der Waals surface area contributed by atoms with E-state index >= 15 is 0 Å². The van der Waals surface area contributed by atoms with E-state index in [1.165, 1.54) is 29.5 Å². The molecule has 0 spiro atoms. The third-order valence-corrected chi connectivity index (χ3v) is 6.11. The van der Waals surface area contributed by atoms with Crippen molar-refractivity contribution in [1.29, 1.82) is 0 Å². The summed E-state index contributed by atoms with van der Waals surface area (Å²) in [6.45, 7) is 3.75. The van der Waals surface area contributed by atoms with E-state index in [0.717, 1.165) is 21.5 Å². The number of nitrogens with zero attached hydrogens (tertiary/aromatic N) is 4. The van der Waals surface area contributed by atoms with Gasteiger partial charge in [-0.2, -0.15) is 0 Å². The van der Waals surface area contributed by atoms with Gasteiger partial charge in [0.2, 0.25) is 5.62 Å². The molecular formula is C21H17F2N5OS. The molecule has 1 aromatic carbocycles. The Morgan fingerprint density at radius 1 is 1.13 bits per heavy atom. The molecule has 0 saturated heterocycles. The minimum atomic E-state index is -0.631. The minimum Gasteiger partial charge on any atom is -0.308 e. The van der Waals surface area contributed by atoms with Crippen LogP contribution < -0.4 is 11.2 Å². The van der Waals surface area contributed by atoms with Crippen molar-refractivity contribution in [3.8, 4) is 0 Å². The summed E-state index contributed by atoms with van der Waals surface area (Å²) in [7, 11) is 0. The molecule has 1 N–H and O–H groups in total. The lowest BCUT2D eigenvalue weighted by molar-refractivity contribution is 0.545. The summed E-state index contributed by atoms with van der Waals surface area (Å²) in [5.41, 5.74) is 3.29. The van der Waals surface area contributed by atoms with Crippen LogP contribution in [0.25, 0.3) is 10.3 Å². The van der Waals surface area contributed by atoms with E-state index in [1.54, 1.807) is 0 Å². The van der Waals surface area contributed by atoms with Crippen LogP contribution >= 0.6 is 11.3 Å². The number of pyridine rings is 1. The maximum Gasteiger partial charge on any atom is 0.252 e. The summed E-state index contributed by atoms with van der Waals surface area (Å²) in [6.07, 6.45) is 1.23. The smallest absolute Gasteiger partial charge is 0.252 e. The molecule has 152 valence electrons. The molecule has 0 fully saturated rings. The molecular weight excluding hydrogens is 408 g/mol. The van der Waals surface area contributed by atoms with Gasteiger partial charge < -0.3 is 4.57 Å². The Kier molecular flexibility index (Phi) is 4.35. The molecule has 6 nitrogen and oxygen atoms in total. The average Bonchev–Trinajstić information content (AvgIpc) is 3.23. The van der Waals surface area contributed by atoms with Crippen molar-refractivity contribution < 1.29 is 8.78 Å². The van der Waals surface area contributed by atoms with Crippen molar-refractivity contribution in [1.82, 2.24) is 19.5 Å². The maximum atomic E-state index is 13.8. The molecule has 0 saturated carbocycles. The van der Waals surface area contributed by atoms with Crippen molar-refractivity contribution in [2.75, 3.05) is 0 Å². The molecule has 1 atom stereocenters. The number of benzene rings is 1. The maximum absolute atomic E-state index is 13.8. The van der Waals surface area contributed by atoms with Crippen LogP contribution in [0.1, 0.15) is 34.4 Å². The normalized spacial score (nSPS) is 16.4. The summed E-state index contributed by atoms with van der Waals surface area (Å²) >= 11 is 1.52. The van der Waals surface area contributed by atoms with Crippen molar-refractivity contribution in [3.05, 3.63) is 79.9 Å². The second kappa shape index (κ2) is 6.94. The fraction of sp³-hybridized carbons (Fsp3) is 0.238. The predicted molar refractivity (Wildman–Crippen MR) is 110 cm³/mol. The molecule has 5 rings (SSSR count). The highest BCUT2D eigenvalue weighted by Crippen LogP contribution is 2.31. The summed E-state index contributed by atoms with van der Waals surface area (Å²) in [5, 5.41) is 0.908. The fourth-order valence-corrected chi connectivity index (χ4v) is 4.76. The number of hydrogen-bond donors (Lipinski definition) is 1. The molecule has 0 bridgehead atoms. The van der Waals surface area contributed by atoms with Gasteiger partial charge in [-0.3, -0.25) is 9.78 Å². The lowest BCUT2D eigenvalue weighted by atomic mass is 10.0. The van der Waals surface area contributed by atoms with Crippen LogP contribution in [0.4, 0.5) is 14.5 Å². The highest BCUT2D eigenvalue weighted by molar-refractivity contribution is 7.18. The van der Waals surface area contributed by atoms with Gasteiger partial charge >= 0.3 is 0 Å². The zero-order valence-corrected chi connectivity index (χ0v) is 17.1. The molecule has 1 aliphatic heterocycles. The lowest BCUT2D eigenvalue weighted by Gasteiger charge is -2.16. The zero-order chi connectivity index (χ0) is 21.0. The van der Waals surface area contributed by atoms with Crippen LogP contribution in [-0.2, 0) is 6.42 Å². The van der Waals surface area contributed by atoms with Crippen molar-refractivity contribution in [2.24, 2.45) is 4.99 Å². The number of rotatable bonds is 2. The molecule has 3 aromatic heterocycles. The van der Waals surface area contributed by atoms with Crippen LogP contribution in [0.15, 0.2) is 40.1 Å². The fourth-order valence-electron chi connectivity index (χ4n) is 3.96. The number of aryl methyl sites for hydroxylation is 3. The van der Waals surface area contributed by atoms with Gasteiger partial charge in [0.1, 0.15) is 11.6 Å². The van der Waals surface area contributed by atoms with Crippen LogP contribution in [0, 0.1) is 25.5 Å². The van der Waals surface area contributed by atoms with E-state index in [-0.39, 0.29) is 11.6 Å². The van der Waals surface area contributed by atoms with Crippen LogP contribution in [0.2, 0.25) is 0 Å². The first-order valence-corrected chi connectivity index (χ1v) is 10.3. The number of fused-ring (bicyclic) bond motifs is 2. The Morgan fingerprint density at radius 3 is 2.67 bits per heavy atom. The van der Waals surface area contributed by atoms with E-state index in [0.29, 0.717) is 41.1 Å². The largest absolute Gasteiger partial charge is 0.308 e. The molecule has 1 unspecified atom stereocenters. The minimum absolute atomic E-state index is 0.272. The van der Waals surface area contributed by atoms with Gasteiger partial charge in [0, 0.05) is 17.8 Å². The van der Waals surface area contributed by atoms with Gasteiger partial charge in [0.05, 0.1) is 27.1 Å². The Labute approximate surface area is 173 Å². The van der Waals surface area contributed by atoms with Gasteiger partial charge in [-0.05, 0) is 50.5 Å². The van der Waals surface area contributed by atoms with Crippen LogP contribution in [-0.4, -0.2) is 19.5 Å². The molecule has 0 radical (unpaired) electrons. The number of halogens is 2. The number of nitrogens with one attached hydrogen (secondary N) is 1. The number of aromatic nitrogens is 4. The van der Waals surface area contributed by atoms with E-state index in [2.05, 4.69) is 19.9 Å². The Hall–Kier alpha value is -3.20. The molecule has 0 aliphatic carbocycles. The number of aromatic amines is 1. The first-order valence-electron chi connectivity index (χ1n) is 9.47. The van der Waals surface area contributed by atoms with Crippen molar-refractivity contribution in [2.45, 2.75) is 32.7 Å². The molecule has 1 aliphatic rings. The second-order valence-electron chi connectivity index (χ2n) is 7.34. The van der Waals surface area contributed by atoms with Gasteiger partial charge in [0.25, 0.3) is 5.56 Å². The topological polar surface area (TPSA) is 75.9 Å². The molecule has 30 heavy (non-hydrogen) atoms. The Balaban J connectivity index is 1.73. The van der Waals surface area contributed by atoms with Crippen molar-refractivity contribution >= 4 is 27.4 Å². The first-order chi connectivity index (χ1) is 14.4. The van der Waals surface area contributed by atoms with E-state index < -0.39 is 11.6 Å². The predicted octanol–water partition coefficient (Wildman–Crippen LogP) is 3.84. The standard InChI is InChI=1S/C21H17F2N5OS/c1-10-16(9-18-20(24-10)25-11(2)30-18)26-21-27-19(29)8-15-3-4-17(28(15)21)12-5-13(22)7-14(23)6-12/h5-9,17H,3-4H2,1-2H3,(H,26,27,29). The Morgan fingerprint density at radius 2 is 1.90 bits per heavy atom. The van der Waals surface area contributed by atoms with Crippen LogP contribution in [0.3, 0.4) is 0 Å². The highest BCUT2D eigenvalue weighted by atomic mass is 32.1. The SMILES string of the molecule is Cc1nc2nc(C)c(/N=c3\[nH]c(=O)cc4n3C(c3cc(F)cc(F)c3)CC4)cc2s1. The molecule has 4 aromatic rings. The second-order valence-corrected chi connectivity index (χ2v) is 8.57. The van der Waals surface area contributed by atoms with Crippen molar-refractivity contribution in [3.63, 3.8) is 0 Å². The number of hydrogen-bond acceptors (Lipinski definition) is 5. The number of H-pyrrole nitrogens is 1. The monoisotopic (exact) mass is 425 g/mol. The van der Waals surface area contributed by atoms with Gasteiger partial charge in [0.15, 0.2) is 5.65 Å². The van der Waals surface area contributed by atoms with Gasteiger partial charge in [-0.1, -0.05) is 0 Å². The van der Waals surface area contributed by atoms with E-state index in [1.807, 2.05) is 24.5 Å². The summed E-state index contributed by atoms with van der Waals surface area (Å²) in [6, 6.07) is 6.57. The quantitative estimate of drug-likeness (QED) is 0.530. The summed E-state index contributed by atoms with van der Waals surface area (Å²) in [5.74, 6) is -1.26. The molecule has 0 amide bonds. The van der Waals surface area contributed by atoms with Crippen LogP contribution in [0.5, 0.6) is 0 Å². The summed E-state index contributed by atoms with van der Waals surface area (Å²) < 4.78 is 30.4.